The van der Waals surface area contributed by atoms with Crippen LogP contribution in [0.15, 0.2) is 18.2 Å². The summed E-state index contributed by atoms with van der Waals surface area (Å²) in [6, 6.07) is 2.12. The standard InChI is InChI=1S/C12H13F2NO2/c1-15(2)12(16)5-4-9-10(13)6-8(17-3)7-11(9)14/h4-7H,1-3H3/b5-4+. The van der Waals surface area contributed by atoms with Gasteiger partial charge < -0.3 is 9.64 Å². The number of rotatable bonds is 3. The summed E-state index contributed by atoms with van der Waals surface area (Å²) in [5, 5.41) is 0. The van der Waals surface area contributed by atoms with E-state index in [1.54, 1.807) is 14.1 Å². The van der Waals surface area contributed by atoms with Crippen LogP contribution in [0.1, 0.15) is 5.56 Å². The SMILES string of the molecule is COc1cc(F)c(/C=C/C(=O)N(C)C)c(F)c1. The van der Waals surface area contributed by atoms with Crippen LogP contribution >= 0.6 is 0 Å². The highest BCUT2D eigenvalue weighted by Crippen LogP contribution is 2.21. The van der Waals surface area contributed by atoms with Crippen LogP contribution in [0.3, 0.4) is 0 Å². The molecule has 1 rings (SSSR count). The number of ether oxygens (including phenoxy) is 1. The van der Waals surface area contributed by atoms with E-state index in [1.165, 1.54) is 12.0 Å². The summed E-state index contributed by atoms with van der Waals surface area (Å²) in [6.45, 7) is 0. The Balaban J connectivity index is 3.03. The van der Waals surface area contributed by atoms with Gasteiger partial charge in [-0.25, -0.2) is 8.78 Å². The molecule has 0 atom stereocenters. The van der Waals surface area contributed by atoms with Gasteiger partial charge in [-0.1, -0.05) is 0 Å². The Hall–Kier alpha value is -1.91. The Kier molecular flexibility index (Phi) is 4.20. The third-order valence-electron chi connectivity index (χ3n) is 2.12. The van der Waals surface area contributed by atoms with Gasteiger partial charge in [0.25, 0.3) is 0 Å². The Morgan fingerprint density at radius 1 is 1.29 bits per heavy atom. The van der Waals surface area contributed by atoms with Crippen LogP contribution < -0.4 is 4.74 Å². The van der Waals surface area contributed by atoms with Crippen LogP contribution in [0.4, 0.5) is 8.78 Å². The van der Waals surface area contributed by atoms with Gasteiger partial charge in [-0.3, -0.25) is 4.79 Å². The molecule has 0 fully saturated rings. The maximum Gasteiger partial charge on any atom is 0.246 e. The van der Waals surface area contributed by atoms with E-state index in [2.05, 4.69) is 0 Å². The van der Waals surface area contributed by atoms with E-state index in [1.807, 2.05) is 0 Å². The van der Waals surface area contributed by atoms with E-state index >= 15 is 0 Å². The quantitative estimate of drug-likeness (QED) is 0.758. The first-order valence-corrected chi connectivity index (χ1v) is 4.88. The van der Waals surface area contributed by atoms with E-state index in [-0.39, 0.29) is 17.2 Å². The third-order valence-corrected chi connectivity index (χ3v) is 2.12. The molecule has 0 spiro atoms. The first-order chi connectivity index (χ1) is 7.95. The molecule has 0 heterocycles. The van der Waals surface area contributed by atoms with Crippen molar-refractivity contribution in [2.24, 2.45) is 0 Å². The Morgan fingerprint density at radius 2 is 1.82 bits per heavy atom. The summed E-state index contributed by atoms with van der Waals surface area (Å²) < 4.78 is 31.6. The van der Waals surface area contributed by atoms with Crippen molar-refractivity contribution in [2.75, 3.05) is 21.2 Å². The van der Waals surface area contributed by atoms with Gasteiger partial charge in [0.2, 0.25) is 5.91 Å². The minimum absolute atomic E-state index is 0.0936. The predicted molar refractivity (Wildman–Crippen MR) is 60.6 cm³/mol. The molecule has 1 amide bonds. The molecule has 3 nitrogen and oxygen atoms in total. The maximum atomic E-state index is 13.5. The summed E-state index contributed by atoms with van der Waals surface area (Å²) in [6.07, 6.45) is 2.21. The summed E-state index contributed by atoms with van der Waals surface area (Å²) in [4.78, 5) is 12.5. The van der Waals surface area contributed by atoms with Gasteiger partial charge in [-0.05, 0) is 6.08 Å². The molecule has 0 N–H and O–H groups in total. The number of likely N-dealkylation sites (N-methyl/N-ethyl adjacent to an activating group) is 1. The van der Waals surface area contributed by atoms with Crippen molar-refractivity contribution in [3.8, 4) is 5.75 Å². The van der Waals surface area contributed by atoms with Crippen molar-refractivity contribution in [1.29, 1.82) is 0 Å². The highest BCUT2D eigenvalue weighted by atomic mass is 19.1. The molecule has 0 aliphatic carbocycles. The van der Waals surface area contributed by atoms with Gasteiger partial charge in [-0.2, -0.15) is 0 Å². The average molecular weight is 241 g/mol. The van der Waals surface area contributed by atoms with Crippen molar-refractivity contribution in [1.82, 2.24) is 4.90 Å². The summed E-state index contributed by atoms with van der Waals surface area (Å²) >= 11 is 0. The van der Waals surface area contributed by atoms with Crippen LogP contribution in [0, 0.1) is 11.6 Å². The first-order valence-electron chi connectivity index (χ1n) is 4.88. The molecule has 0 bridgehead atoms. The summed E-state index contributed by atoms with van der Waals surface area (Å²) in [5.41, 5.74) is -0.263. The van der Waals surface area contributed by atoms with E-state index in [4.69, 9.17) is 4.74 Å². The lowest BCUT2D eigenvalue weighted by Gasteiger charge is -2.06. The van der Waals surface area contributed by atoms with Crippen LogP contribution in [0.2, 0.25) is 0 Å². The molecule has 5 heteroatoms. The molecule has 1 aromatic carbocycles. The van der Waals surface area contributed by atoms with Crippen LogP contribution in [-0.2, 0) is 4.79 Å². The molecule has 92 valence electrons. The molecule has 0 saturated carbocycles. The zero-order chi connectivity index (χ0) is 13.0. The topological polar surface area (TPSA) is 29.5 Å². The Labute approximate surface area is 98.3 Å². The zero-order valence-corrected chi connectivity index (χ0v) is 9.83. The van der Waals surface area contributed by atoms with Crippen molar-refractivity contribution >= 4 is 12.0 Å². The lowest BCUT2D eigenvalue weighted by Crippen LogP contribution is -2.18. The molecule has 0 radical (unpaired) electrons. The van der Waals surface area contributed by atoms with Crippen molar-refractivity contribution in [3.63, 3.8) is 0 Å². The molecule has 1 aromatic rings. The highest BCUT2D eigenvalue weighted by Gasteiger charge is 2.09. The Morgan fingerprint density at radius 3 is 2.24 bits per heavy atom. The van der Waals surface area contributed by atoms with Crippen LogP contribution in [0.25, 0.3) is 6.08 Å². The minimum Gasteiger partial charge on any atom is -0.497 e. The summed E-state index contributed by atoms with van der Waals surface area (Å²) in [7, 11) is 4.42. The summed E-state index contributed by atoms with van der Waals surface area (Å²) in [5.74, 6) is -1.80. The van der Waals surface area contributed by atoms with Crippen LogP contribution in [0.5, 0.6) is 5.75 Å². The van der Waals surface area contributed by atoms with Gasteiger partial charge >= 0.3 is 0 Å². The fraction of sp³-hybridized carbons (Fsp3) is 0.250. The fourth-order valence-corrected chi connectivity index (χ4v) is 1.14. The molecule has 0 aromatic heterocycles. The highest BCUT2D eigenvalue weighted by molar-refractivity contribution is 5.91. The molecule has 0 unspecified atom stereocenters. The predicted octanol–water partition coefficient (Wildman–Crippen LogP) is 2.07. The average Bonchev–Trinajstić information content (AvgIpc) is 2.27. The molecule has 0 aliphatic heterocycles. The van der Waals surface area contributed by atoms with E-state index in [0.29, 0.717) is 0 Å². The molecule has 0 saturated heterocycles. The number of methoxy groups -OCH3 is 1. The smallest absolute Gasteiger partial charge is 0.246 e. The van der Waals surface area contributed by atoms with E-state index < -0.39 is 11.6 Å². The largest absolute Gasteiger partial charge is 0.497 e. The zero-order valence-electron chi connectivity index (χ0n) is 9.83. The molecule has 17 heavy (non-hydrogen) atoms. The second-order valence-corrected chi connectivity index (χ2v) is 3.57. The van der Waals surface area contributed by atoms with Gasteiger partial charge in [0.05, 0.1) is 7.11 Å². The number of amides is 1. The maximum absolute atomic E-state index is 13.5. The lowest BCUT2D eigenvalue weighted by molar-refractivity contribution is -0.123. The van der Waals surface area contributed by atoms with Crippen molar-refractivity contribution in [3.05, 3.63) is 35.4 Å². The monoisotopic (exact) mass is 241 g/mol. The number of benzene rings is 1. The van der Waals surface area contributed by atoms with Crippen molar-refractivity contribution in [2.45, 2.75) is 0 Å². The number of carbonyl (C=O) groups excluding carboxylic acids is 1. The van der Waals surface area contributed by atoms with Gasteiger partial charge in [0.1, 0.15) is 17.4 Å². The van der Waals surface area contributed by atoms with Gasteiger partial charge in [-0.15, -0.1) is 0 Å². The second kappa shape index (κ2) is 5.43. The first kappa shape index (κ1) is 13.2. The van der Waals surface area contributed by atoms with E-state index in [9.17, 15) is 13.6 Å². The molecular formula is C12H13F2NO2. The molecular weight excluding hydrogens is 228 g/mol. The number of nitrogens with zero attached hydrogens (tertiary/aromatic N) is 1. The lowest BCUT2D eigenvalue weighted by atomic mass is 10.1. The third kappa shape index (κ3) is 3.27. The number of hydrogen-bond acceptors (Lipinski definition) is 2. The van der Waals surface area contributed by atoms with Gasteiger partial charge in [0, 0.05) is 37.9 Å². The van der Waals surface area contributed by atoms with E-state index in [0.717, 1.165) is 24.3 Å². The normalized spacial score (nSPS) is 10.6. The number of carbonyl (C=O) groups is 1. The molecule has 0 aliphatic rings. The number of hydrogen-bond donors (Lipinski definition) is 0. The minimum atomic E-state index is -0.773. The number of halogens is 2. The van der Waals surface area contributed by atoms with Crippen molar-refractivity contribution < 1.29 is 18.3 Å². The Bertz CT molecular complexity index is 433. The van der Waals surface area contributed by atoms with Crippen LogP contribution in [-0.4, -0.2) is 32.0 Å². The fourth-order valence-electron chi connectivity index (χ4n) is 1.14. The van der Waals surface area contributed by atoms with Gasteiger partial charge in [0.15, 0.2) is 0 Å². The second-order valence-electron chi connectivity index (χ2n) is 3.57.